The third-order valence-corrected chi connectivity index (χ3v) is 0.743. The predicted molar refractivity (Wildman–Crippen MR) is 35.4 cm³/mol. The van der Waals surface area contributed by atoms with E-state index in [0.29, 0.717) is 0 Å². The summed E-state index contributed by atoms with van der Waals surface area (Å²) in [7, 11) is 0. The number of nitrogens with one attached hydrogen (secondary N) is 2. The van der Waals surface area contributed by atoms with Crippen molar-refractivity contribution in [3.05, 3.63) is 0 Å². The molecule has 0 saturated heterocycles. The fraction of sp³-hybridized carbons (Fsp3) is 0.800. The van der Waals surface area contributed by atoms with Crippen molar-refractivity contribution < 1.29 is 4.79 Å². The lowest BCUT2D eigenvalue weighted by Gasteiger charge is -2.11. The van der Waals surface area contributed by atoms with Crippen LogP contribution in [-0.2, 0) is 4.79 Å². The van der Waals surface area contributed by atoms with Crippen molar-refractivity contribution in [1.82, 2.24) is 10.9 Å². The third kappa shape index (κ3) is 5.42. The van der Waals surface area contributed by atoms with Gasteiger partial charge in [0.2, 0.25) is 0 Å². The zero-order valence-electron chi connectivity index (χ0n) is 5.72. The topological polar surface area (TPSA) is 67.2 Å². The normalized spacial score (nSPS) is 16.8. The molecule has 2 unspecified atom stereocenters. The standard InChI is InChI=1S/C5H13N3O/c1-4(3-9)7-8-5(2)6/h3-5,7-8H,6H2,1-2H3. The highest BCUT2D eigenvalue weighted by Crippen LogP contribution is 1.68. The first-order valence-electron chi connectivity index (χ1n) is 2.88. The van der Waals surface area contributed by atoms with Crippen LogP contribution in [-0.4, -0.2) is 18.5 Å². The lowest BCUT2D eigenvalue weighted by atomic mass is 10.4. The molecule has 9 heavy (non-hydrogen) atoms. The lowest BCUT2D eigenvalue weighted by Crippen LogP contribution is -2.48. The molecule has 0 aliphatic carbocycles. The number of hydrazine groups is 1. The molecule has 0 radical (unpaired) electrons. The van der Waals surface area contributed by atoms with E-state index in [1.165, 1.54) is 0 Å². The lowest BCUT2D eigenvalue weighted by molar-refractivity contribution is -0.109. The van der Waals surface area contributed by atoms with E-state index in [4.69, 9.17) is 5.73 Å². The van der Waals surface area contributed by atoms with Crippen molar-refractivity contribution in [1.29, 1.82) is 0 Å². The maximum atomic E-state index is 9.97. The Hall–Kier alpha value is -0.450. The Labute approximate surface area is 54.8 Å². The minimum Gasteiger partial charge on any atom is -0.315 e. The third-order valence-electron chi connectivity index (χ3n) is 0.743. The van der Waals surface area contributed by atoms with E-state index in [0.717, 1.165) is 6.29 Å². The molecule has 0 aromatic rings. The molecule has 0 rings (SSSR count). The molecule has 0 aromatic heterocycles. The zero-order chi connectivity index (χ0) is 7.28. The van der Waals surface area contributed by atoms with E-state index in [-0.39, 0.29) is 12.2 Å². The van der Waals surface area contributed by atoms with Gasteiger partial charge in [0.15, 0.2) is 0 Å². The maximum Gasteiger partial charge on any atom is 0.137 e. The molecule has 0 aliphatic rings. The second-order valence-electron chi connectivity index (χ2n) is 2.00. The summed E-state index contributed by atoms with van der Waals surface area (Å²) in [5, 5.41) is 0. The van der Waals surface area contributed by atoms with Crippen LogP contribution in [0.4, 0.5) is 0 Å². The van der Waals surface area contributed by atoms with Crippen LogP contribution in [0.5, 0.6) is 0 Å². The van der Waals surface area contributed by atoms with E-state index < -0.39 is 0 Å². The van der Waals surface area contributed by atoms with Crippen molar-refractivity contribution in [3.8, 4) is 0 Å². The summed E-state index contributed by atoms with van der Waals surface area (Å²) in [6.45, 7) is 3.52. The molecule has 2 atom stereocenters. The quantitative estimate of drug-likeness (QED) is 0.259. The van der Waals surface area contributed by atoms with E-state index in [1.807, 2.05) is 0 Å². The first kappa shape index (κ1) is 8.55. The van der Waals surface area contributed by atoms with Crippen LogP contribution < -0.4 is 16.6 Å². The van der Waals surface area contributed by atoms with Crippen LogP contribution in [0, 0.1) is 0 Å². The number of hydrogen-bond donors (Lipinski definition) is 3. The highest BCUT2D eigenvalue weighted by molar-refractivity contribution is 5.56. The smallest absolute Gasteiger partial charge is 0.137 e. The zero-order valence-corrected chi connectivity index (χ0v) is 5.72. The molecule has 0 heterocycles. The molecule has 4 N–H and O–H groups in total. The molecular weight excluding hydrogens is 118 g/mol. The van der Waals surface area contributed by atoms with Crippen molar-refractivity contribution in [2.45, 2.75) is 26.1 Å². The Morgan fingerprint density at radius 2 is 2.00 bits per heavy atom. The fourth-order valence-electron chi connectivity index (χ4n) is 0.297. The number of carbonyl (C=O) groups is 1. The molecule has 0 saturated carbocycles. The van der Waals surface area contributed by atoms with Crippen LogP contribution in [0.1, 0.15) is 13.8 Å². The van der Waals surface area contributed by atoms with Gasteiger partial charge in [-0.2, -0.15) is 0 Å². The molecule has 0 bridgehead atoms. The Bertz CT molecular complexity index is 84.3. The van der Waals surface area contributed by atoms with Crippen LogP contribution in [0.3, 0.4) is 0 Å². The minimum absolute atomic E-state index is 0.132. The Kier molecular flexibility index (Phi) is 4.21. The van der Waals surface area contributed by atoms with Gasteiger partial charge < -0.3 is 10.5 Å². The summed E-state index contributed by atoms with van der Waals surface area (Å²) in [6, 6.07) is -0.184. The molecule has 0 amide bonds. The van der Waals surface area contributed by atoms with E-state index in [1.54, 1.807) is 13.8 Å². The molecule has 4 nitrogen and oxygen atoms in total. The fourth-order valence-corrected chi connectivity index (χ4v) is 0.297. The average molecular weight is 131 g/mol. The Morgan fingerprint density at radius 1 is 1.44 bits per heavy atom. The SMILES string of the molecule is CC(N)NNC(C)C=O. The van der Waals surface area contributed by atoms with Crippen LogP contribution >= 0.6 is 0 Å². The van der Waals surface area contributed by atoms with Gasteiger partial charge >= 0.3 is 0 Å². The first-order chi connectivity index (χ1) is 4.16. The van der Waals surface area contributed by atoms with Crippen molar-refractivity contribution in [2.75, 3.05) is 0 Å². The largest absolute Gasteiger partial charge is 0.315 e. The van der Waals surface area contributed by atoms with E-state index in [9.17, 15) is 4.79 Å². The summed E-state index contributed by atoms with van der Waals surface area (Å²) in [5.41, 5.74) is 10.7. The molecular formula is C5H13N3O. The monoisotopic (exact) mass is 131 g/mol. The summed E-state index contributed by atoms with van der Waals surface area (Å²) in [6.07, 6.45) is 0.669. The highest BCUT2D eigenvalue weighted by Gasteiger charge is 1.96. The van der Waals surface area contributed by atoms with Gasteiger partial charge in [-0.15, -0.1) is 0 Å². The number of aldehydes is 1. The molecule has 54 valence electrons. The van der Waals surface area contributed by atoms with Gasteiger partial charge in [0.1, 0.15) is 6.29 Å². The summed E-state index contributed by atoms with van der Waals surface area (Å²) in [5.74, 6) is 0. The van der Waals surface area contributed by atoms with Crippen LogP contribution in [0.15, 0.2) is 0 Å². The first-order valence-corrected chi connectivity index (χ1v) is 2.88. The van der Waals surface area contributed by atoms with Crippen molar-refractivity contribution in [3.63, 3.8) is 0 Å². The maximum absolute atomic E-state index is 9.97. The number of nitrogens with two attached hydrogens (primary N) is 1. The van der Waals surface area contributed by atoms with Gasteiger partial charge in [-0.05, 0) is 13.8 Å². The Balaban J connectivity index is 3.16. The second kappa shape index (κ2) is 4.43. The predicted octanol–water partition coefficient (Wildman–Crippen LogP) is -1.03. The molecule has 0 spiro atoms. The summed E-state index contributed by atoms with van der Waals surface area (Å²) >= 11 is 0. The number of hydrogen-bond acceptors (Lipinski definition) is 4. The van der Waals surface area contributed by atoms with Gasteiger partial charge in [-0.1, -0.05) is 0 Å². The van der Waals surface area contributed by atoms with E-state index >= 15 is 0 Å². The molecule has 0 aliphatic heterocycles. The van der Waals surface area contributed by atoms with Gasteiger partial charge in [-0.25, -0.2) is 10.9 Å². The average Bonchev–Trinajstić information content (AvgIpc) is 1.83. The van der Waals surface area contributed by atoms with Gasteiger partial charge in [0, 0.05) is 0 Å². The van der Waals surface area contributed by atoms with Crippen molar-refractivity contribution >= 4 is 6.29 Å². The highest BCUT2D eigenvalue weighted by atomic mass is 16.1. The second-order valence-corrected chi connectivity index (χ2v) is 2.00. The van der Waals surface area contributed by atoms with Crippen LogP contribution in [0.25, 0.3) is 0 Å². The van der Waals surface area contributed by atoms with E-state index in [2.05, 4.69) is 10.9 Å². The molecule has 0 fully saturated rings. The molecule has 0 aromatic carbocycles. The van der Waals surface area contributed by atoms with Gasteiger partial charge in [-0.3, -0.25) is 0 Å². The summed E-state index contributed by atoms with van der Waals surface area (Å²) < 4.78 is 0. The molecule has 4 heteroatoms. The number of carbonyl (C=O) groups excluding carboxylic acids is 1. The van der Waals surface area contributed by atoms with Gasteiger partial charge in [0.25, 0.3) is 0 Å². The Morgan fingerprint density at radius 3 is 2.33 bits per heavy atom. The summed E-state index contributed by atoms with van der Waals surface area (Å²) in [4.78, 5) is 9.97. The van der Waals surface area contributed by atoms with Crippen LogP contribution in [0.2, 0.25) is 0 Å². The minimum atomic E-state index is -0.184. The van der Waals surface area contributed by atoms with Gasteiger partial charge in [0.05, 0.1) is 12.2 Å². The number of rotatable bonds is 4. The van der Waals surface area contributed by atoms with Crippen molar-refractivity contribution in [2.24, 2.45) is 5.73 Å².